The lowest BCUT2D eigenvalue weighted by Crippen LogP contribution is -2.45. The minimum Gasteiger partial charge on any atom is -0.438 e. The zero-order valence-electron chi connectivity index (χ0n) is 8.82. The van der Waals surface area contributed by atoms with E-state index in [0.717, 1.165) is 18.4 Å². The molecule has 0 aliphatic carbocycles. The van der Waals surface area contributed by atoms with E-state index in [0.29, 0.717) is 6.54 Å². The number of carbonyl (C=O) groups excluding carboxylic acids is 1. The van der Waals surface area contributed by atoms with Crippen molar-refractivity contribution >= 4 is 6.09 Å². The van der Waals surface area contributed by atoms with Crippen LogP contribution in [0.1, 0.15) is 25.3 Å². The Morgan fingerprint density at radius 2 is 2.13 bits per heavy atom. The fourth-order valence-electron chi connectivity index (χ4n) is 2.03. The lowest BCUT2D eigenvalue weighted by atomic mass is 9.87. The average molecular weight is 205 g/mol. The molecule has 1 heterocycles. The van der Waals surface area contributed by atoms with Crippen LogP contribution in [0.2, 0.25) is 0 Å². The SMILES string of the molecule is CCC1(c2ccccc2)CCNC(=O)O1. The topological polar surface area (TPSA) is 38.3 Å². The summed E-state index contributed by atoms with van der Waals surface area (Å²) >= 11 is 0. The summed E-state index contributed by atoms with van der Waals surface area (Å²) in [4.78, 5) is 11.3. The van der Waals surface area contributed by atoms with E-state index in [1.54, 1.807) is 0 Å². The lowest BCUT2D eigenvalue weighted by Gasteiger charge is -2.36. The van der Waals surface area contributed by atoms with E-state index in [9.17, 15) is 4.79 Å². The number of cyclic esters (lactones) is 1. The van der Waals surface area contributed by atoms with Crippen LogP contribution in [0.5, 0.6) is 0 Å². The highest BCUT2D eigenvalue weighted by atomic mass is 16.6. The Kier molecular flexibility index (Phi) is 2.62. The highest BCUT2D eigenvalue weighted by Gasteiger charge is 2.37. The Labute approximate surface area is 89.4 Å². The van der Waals surface area contributed by atoms with Gasteiger partial charge in [0.1, 0.15) is 5.60 Å². The van der Waals surface area contributed by atoms with Crippen LogP contribution in [-0.2, 0) is 10.3 Å². The molecule has 3 nitrogen and oxygen atoms in total. The van der Waals surface area contributed by atoms with Gasteiger partial charge in [-0.25, -0.2) is 4.79 Å². The molecule has 3 heteroatoms. The standard InChI is InChI=1S/C12H15NO2/c1-2-12(8-9-13-11(14)15-12)10-6-4-3-5-7-10/h3-7H,2,8-9H2,1H3,(H,13,14). The predicted octanol–water partition coefficient (Wildman–Crippen LogP) is 2.42. The fourth-order valence-corrected chi connectivity index (χ4v) is 2.03. The highest BCUT2D eigenvalue weighted by molar-refractivity contribution is 5.68. The van der Waals surface area contributed by atoms with Gasteiger partial charge in [0, 0.05) is 13.0 Å². The van der Waals surface area contributed by atoms with Crippen molar-refractivity contribution in [3.8, 4) is 0 Å². The van der Waals surface area contributed by atoms with E-state index < -0.39 is 5.60 Å². The third kappa shape index (κ3) is 1.82. The van der Waals surface area contributed by atoms with Crippen molar-refractivity contribution in [2.75, 3.05) is 6.54 Å². The van der Waals surface area contributed by atoms with Crippen molar-refractivity contribution < 1.29 is 9.53 Å². The van der Waals surface area contributed by atoms with Gasteiger partial charge < -0.3 is 10.1 Å². The van der Waals surface area contributed by atoms with Crippen LogP contribution in [-0.4, -0.2) is 12.6 Å². The van der Waals surface area contributed by atoms with Gasteiger partial charge in [-0.2, -0.15) is 0 Å². The molecule has 1 fully saturated rings. The van der Waals surface area contributed by atoms with Crippen LogP contribution in [0.3, 0.4) is 0 Å². The molecule has 1 aliphatic rings. The van der Waals surface area contributed by atoms with Crippen molar-refractivity contribution in [1.29, 1.82) is 0 Å². The van der Waals surface area contributed by atoms with Crippen molar-refractivity contribution in [3.63, 3.8) is 0 Å². The molecule has 1 atom stereocenters. The first-order chi connectivity index (χ1) is 7.27. The average Bonchev–Trinajstić information content (AvgIpc) is 2.30. The van der Waals surface area contributed by atoms with E-state index in [4.69, 9.17) is 4.74 Å². The Bertz CT molecular complexity index is 350. The zero-order valence-corrected chi connectivity index (χ0v) is 8.82. The maximum Gasteiger partial charge on any atom is 0.408 e. The molecule has 15 heavy (non-hydrogen) atoms. The summed E-state index contributed by atoms with van der Waals surface area (Å²) in [5, 5.41) is 2.68. The third-order valence-electron chi connectivity index (χ3n) is 2.96. The molecule has 0 bridgehead atoms. The second-order valence-electron chi connectivity index (χ2n) is 3.78. The third-order valence-corrected chi connectivity index (χ3v) is 2.96. The molecule has 1 unspecified atom stereocenters. The summed E-state index contributed by atoms with van der Waals surface area (Å²) in [5.74, 6) is 0. The quantitative estimate of drug-likeness (QED) is 0.805. The molecule has 0 aromatic heterocycles. The molecular formula is C12H15NO2. The molecule has 1 aromatic rings. The van der Waals surface area contributed by atoms with Gasteiger partial charge >= 0.3 is 6.09 Å². The number of nitrogens with one attached hydrogen (secondary N) is 1. The molecule has 1 saturated heterocycles. The fraction of sp³-hybridized carbons (Fsp3) is 0.417. The Morgan fingerprint density at radius 1 is 1.40 bits per heavy atom. The zero-order chi connectivity index (χ0) is 10.7. The monoisotopic (exact) mass is 205 g/mol. The number of hydrogen-bond donors (Lipinski definition) is 1. The van der Waals surface area contributed by atoms with Gasteiger partial charge in [-0.3, -0.25) is 0 Å². The lowest BCUT2D eigenvalue weighted by molar-refractivity contribution is -0.0201. The number of rotatable bonds is 2. The van der Waals surface area contributed by atoms with Gasteiger partial charge in [0.05, 0.1) is 0 Å². The van der Waals surface area contributed by atoms with E-state index in [2.05, 4.69) is 5.32 Å². The van der Waals surface area contributed by atoms with Gasteiger partial charge in [0.25, 0.3) is 0 Å². The van der Waals surface area contributed by atoms with E-state index in [1.807, 2.05) is 37.3 Å². The van der Waals surface area contributed by atoms with Crippen LogP contribution in [0, 0.1) is 0 Å². The number of hydrogen-bond acceptors (Lipinski definition) is 2. The number of benzene rings is 1. The van der Waals surface area contributed by atoms with Crippen molar-refractivity contribution in [2.45, 2.75) is 25.4 Å². The Hall–Kier alpha value is -1.51. The molecule has 1 amide bonds. The first kappa shape index (κ1) is 10.0. The van der Waals surface area contributed by atoms with E-state index in [1.165, 1.54) is 0 Å². The smallest absolute Gasteiger partial charge is 0.408 e. The first-order valence-electron chi connectivity index (χ1n) is 5.29. The summed E-state index contributed by atoms with van der Waals surface area (Å²) in [6.45, 7) is 2.73. The van der Waals surface area contributed by atoms with Crippen molar-refractivity contribution in [3.05, 3.63) is 35.9 Å². The van der Waals surface area contributed by atoms with Crippen LogP contribution in [0.4, 0.5) is 4.79 Å². The second-order valence-corrected chi connectivity index (χ2v) is 3.78. The second kappa shape index (κ2) is 3.93. The number of amides is 1. The number of carbonyl (C=O) groups is 1. The van der Waals surface area contributed by atoms with Crippen LogP contribution >= 0.6 is 0 Å². The predicted molar refractivity (Wildman–Crippen MR) is 57.5 cm³/mol. The maximum absolute atomic E-state index is 11.3. The van der Waals surface area contributed by atoms with Crippen LogP contribution in [0.15, 0.2) is 30.3 Å². The Morgan fingerprint density at radius 3 is 2.73 bits per heavy atom. The minimum atomic E-state index is -0.427. The number of alkyl carbamates (subject to hydrolysis) is 1. The molecule has 0 saturated carbocycles. The normalized spacial score (nSPS) is 25.5. The summed E-state index contributed by atoms with van der Waals surface area (Å²) in [6, 6.07) is 9.95. The van der Waals surface area contributed by atoms with Crippen molar-refractivity contribution in [1.82, 2.24) is 5.32 Å². The van der Waals surface area contributed by atoms with Crippen molar-refractivity contribution in [2.24, 2.45) is 0 Å². The Balaban J connectivity index is 2.32. The molecule has 1 aliphatic heterocycles. The summed E-state index contributed by atoms with van der Waals surface area (Å²) in [7, 11) is 0. The summed E-state index contributed by atoms with van der Waals surface area (Å²) in [6.07, 6.45) is 1.33. The molecule has 0 spiro atoms. The number of ether oxygens (including phenoxy) is 1. The van der Waals surface area contributed by atoms with Gasteiger partial charge in [-0.15, -0.1) is 0 Å². The van der Waals surface area contributed by atoms with E-state index in [-0.39, 0.29) is 6.09 Å². The molecule has 1 aromatic carbocycles. The molecule has 0 radical (unpaired) electrons. The maximum atomic E-state index is 11.3. The van der Waals surface area contributed by atoms with E-state index >= 15 is 0 Å². The first-order valence-corrected chi connectivity index (χ1v) is 5.29. The highest BCUT2D eigenvalue weighted by Crippen LogP contribution is 2.34. The molecule has 2 rings (SSSR count). The van der Waals surface area contributed by atoms with Crippen LogP contribution < -0.4 is 5.32 Å². The van der Waals surface area contributed by atoms with Gasteiger partial charge in [-0.05, 0) is 12.0 Å². The molecular weight excluding hydrogens is 190 g/mol. The van der Waals surface area contributed by atoms with Gasteiger partial charge in [0.2, 0.25) is 0 Å². The summed E-state index contributed by atoms with van der Waals surface area (Å²) < 4.78 is 5.46. The van der Waals surface area contributed by atoms with Crippen LogP contribution in [0.25, 0.3) is 0 Å². The summed E-state index contributed by atoms with van der Waals surface area (Å²) in [5.41, 5.74) is 0.659. The van der Waals surface area contributed by atoms with Gasteiger partial charge in [-0.1, -0.05) is 37.3 Å². The minimum absolute atomic E-state index is 0.313. The van der Waals surface area contributed by atoms with Gasteiger partial charge in [0.15, 0.2) is 0 Å². The molecule has 1 N–H and O–H groups in total. The largest absolute Gasteiger partial charge is 0.438 e. The molecule has 80 valence electrons.